The van der Waals surface area contributed by atoms with Crippen molar-refractivity contribution in [3.05, 3.63) is 46.3 Å². The van der Waals surface area contributed by atoms with Gasteiger partial charge in [0.2, 0.25) is 10.9 Å². The van der Waals surface area contributed by atoms with Gasteiger partial charge >= 0.3 is 5.63 Å². The first-order chi connectivity index (χ1) is 10.1. The van der Waals surface area contributed by atoms with E-state index in [4.69, 9.17) is 10.2 Å². The normalized spacial score (nSPS) is 10.7. The molecule has 9 heteroatoms. The lowest BCUT2D eigenvalue weighted by atomic mass is 10.2. The van der Waals surface area contributed by atoms with E-state index in [1.165, 1.54) is 23.5 Å². The summed E-state index contributed by atoms with van der Waals surface area (Å²) in [5, 5.41) is 13.1. The molecule has 0 aliphatic heterocycles. The largest absolute Gasteiger partial charge is 0.417 e. The molecule has 0 radical (unpaired) electrons. The van der Waals surface area contributed by atoms with Crippen LogP contribution in [0.3, 0.4) is 0 Å². The summed E-state index contributed by atoms with van der Waals surface area (Å²) in [7, 11) is 0. The number of aryl methyl sites for hydroxylation is 1. The third-order valence-corrected chi connectivity index (χ3v) is 3.65. The van der Waals surface area contributed by atoms with E-state index < -0.39 is 11.5 Å². The molecule has 0 atom stereocenters. The fourth-order valence-electron chi connectivity index (χ4n) is 1.75. The number of aromatic nitrogens is 4. The number of carbonyl (C=O) groups excluding carboxylic acids is 1. The maximum atomic E-state index is 11.4. The first-order valence-corrected chi connectivity index (χ1v) is 6.67. The molecule has 0 bridgehead atoms. The van der Waals surface area contributed by atoms with Crippen LogP contribution in [0.4, 0.5) is 0 Å². The Hall–Kier alpha value is -2.81. The average molecular weight is 303 g/mol. The summed E-state index contributed by atoms with van der Waals surface area (Å²) in [6.07, 6.45) is 1.65. The minimum absolute atomic E-state index is 0.234. The van der Waals surface area contributed by atoms with Gasteiger partial charge in [-0.2, -0.15) is 5.10 Å². The standard InChI is InChI=1S/C12H9N5O3S/c1-6-4-5-14-17(6)12-16-15-11(21-12)7-2-3-8(18)20-9(7)10(13)19/h2-5H,1H3,(H2,13,19). The molecule has 0 unspecified atom stereocenters. The van der Waals surface area contributed by atoms with Crippen LogP contribution in [0.15, 0.2) is 33.6 Å². The molecular weight excluding hydrogens is 294 g/mol. The molecule has 8 nitrogen and oxygen atoms in total. The van der Waals surface area contributed by atoms with E-state index in [1.807, 2.05) is 13.0 Å². The van der Waals surface area contributed by atoms with Crippen molar-refractivity contribution in [1.29, 1.82) is 0 Å². The number of carbonyl (C=O) groups is 1. The average Bonchev–Trinajstić information content (AvgIpc) is 3.07. The summed E-state index contributed by atoms with van der Waals surface area (Å²) < 4.78 is 6.45. The first-order valence-electron chi connectivity index (χ1n) is 5.85. The molecule has 3 aromatic rings. The predicted molar refractivity (Wildman–Crippen MR) is 74.3 cm³/mol. The Balaban J connectivity index is 2.11. The van der Waals surface area contributed by atoms with Crippen molar-refractivity contribution in [2.24, 2.45) is 5.73 Å². The molecule has 3 rings (SSSR count). The van der Waals surface area contributed by atoms with Gasteiger partial charge in [-0.1, -0.05) is 11.3 Å². The van der Waals surface area contributed by atoms with Crippen molar-refractivity contribution in [2.45, 2.75) is 6.92 Å². The highest BCUT2D eigenvalue weighted by atomic mass is 32.1. The summed E-state index contributed by atoms with van der Waals surface area (Å²) in [4.78, 5) is 22.6. The highest BCUT2D eigenvalue weighted by Gasteiger charge is 2.18. The quantitative estimate of drug-likeness (QED) is 0.763. The summed E-state index contributed by atoms with van der Waals surface area (Å²) in [6.45, 7) is 1.88. The van der Waals surface area contributed by atoms with Crippen LogP contribution in [0.25, 0.3) is 15.7 Å². The second kappa shape index (κ2) is 4.94. The Morgan fingerprint density at radius 3 is 2.81 bits per heavy atom. The fraction of sp³-hybridized carbons (Fsp3) is 0.0833. The highest BCUT2D eigenvalue weighted by Crippen LogP contribution is 2.27. The van der Waals surface area contributed by atoms with Crippen LogP contribution in [0.1, 0.15) is 16.2 Å². The molecule has 2 N–H and O–H groups in total. The zero-order valence-electron chi connectivity index (χ0n) is 10.8. The van der Waals surface area contributed by atoms with Crippen LogP contribution in [0.2, 0.25) is 0 Å². The summed E-state index contributed by atoms with van der Waals surface area (Å²) in [6, 6.07) is 4.46. The number of nitrogens with zero attached hydrogens (tertiary/aromatic N) is 4. The van der Waals surface area contributed by atoms with Gasteiger partial charge in [0, 0.05) is 18.0 Å². The Labute approximate surface area is 121 Å². The Bertz CT molecular complexity index is 879. The van der Waals surface area contributed by atoms with E-state index >= 15 is 0 Å². The molecule has 0 saturated carbocycles. The van der Waals surface area contributed by atoms with Gasteiger partial charge in [-0.3, -0.25) is 4.79 Å². The van der Waals surface area contributed by atoms with Gasteiger partial charge in [0.25, 0.3) is 5.91 Å². The zero-order valence-corrected chi connectivity index (χ0v) is 11.6. The Kier molecular flexibility index (Phi) is 3.10. The SMILES string of the molecule is Cc1ccnn1-c1nnc(-c2ccc(=O)oc2C(N)=O)s1. The van der Waals surface area contributed by atoms with Crippen LogP contribution in [-0.4, -0.2) is 25.9 Å². The molecule has 21 heavy (non-hydrogen) atoms. The maximum Gasteiger partial charge on any atom is 0.336 e. The van der Waals surface area contributed by atoms with Crippen molar-refractivity contribution in [3.63, 3.8) is 0 Å². The molecule has 0 aliphatic carbocycles. The number of amides is 1. The van der Waals surface area contributed by atoms with E-state index in [1.54, 1.807) is 10.9 Å². The van der Waals surface area contributed by atoms with Crippen molar-refractivity contribution in [2.75, 3.05) is 0 Å². The lowest BCUT2D eigenvalue weighted by molar-refractivity contribution is 0.0970. The molecular formula is C12H9N5O3S. The molecule has 1 amide bonds. The summed E-state index contributed by atoms with van der Waals surface area (Å²) in [5.74, 6) is -1.07. The van der Waals surface area contributed by atoms with Crippen LogP contribution >= 0.6 is 11.3 Å². The van der Waals surface area contributed by atoms with Crippen LogP contribution < -0.4 is 11.4 Å². The molecule has 3 heterocycles. The van der Waals surface area contributed by atoms with Crippen molar-refractivity contribution >= 4 is 17.2 Å². The van der Waals surface area contributed by atoms with Crippen LogP contribution in [0, 0.1) is 6.92 Å². The minimum atomic E-state index is -0.838. The van der Waals surface area contributed by atoms with Crippen LogP contribution in [-0.2, 0) is 0 Å². The van der Waals surface area contributed by atoms with E-state index in [0.29, 0.717) is 15.7 Å². The first kappa shape index (κ1) is 13.2. The number of hydrogen-bond acceptors (Lipinski definition) is 7. The smallest absolute Gasteiger partial charge is 0.336 e. The van der Waals surface area contributed by atoms with E-state index in [-0.39, 0.29) is 5.76 Å². The number of hydrogen-bond donors (Lipinski definition) is 1. The van der Waals surface area contributed by atoms with Gasteiger partial charge in [0.15, 0.2) is 5.01 Å². The topological polar surface area (TPSA) is 117 Å². The molecule has 0 fully saturated rings. The maximum absolute atomic E-state index is 11.4. The number of primary amides is 1. The predicted octanol–water partition coefficient (Wildman–Crippen LogP) is 0.751. The van der Waals surface area contributed by atoms with Gasteiger partial charge in [-0.25, -0.2) is 9.48 Å². The molecule has 0 spiro atoms. The molecule has 3 aromatic heterocycles. The summed E-state index contributed by atoms with van der Waals surface area (Å²) >= 11 is 1.20. The molecule has 0 aliphatic rings. The van der Waals surface area contributed by atoms with E-state index in [0.717, 1.165) is 5.69 Å². The second-order valence-corrected chi connectivity index (χ2v) is 5.09. The molecule has 0 saturated heterocycles. The van der Waals surface area contributed by atoms with Gasteiger partial charge in [0.1, 0.15) is 0 Å². The van der Waals surface area contributed by atoms with Gasteiger partial charge < -0.3 is 10.2 Å². The minimum Gasteiger partial charge on any atom is -0.417 e. The van der Waals surface area contributed by atoms with Crippen molar-refractivity contribution in [3.8, 4) is 15.7 Å². The van der Waals surface area contributed by atoms with Gasteiger partial charge in [-0.15, -0.1) is 10.2 Å². The van der Waals surface area contributed by atoms with Gasteiger partial charge in [0.05, 0.1) is 5.56 Å². The fourth-order valence-corrected chi connectivity index (χ4v) is 2.63. The monoisotopic (exact) mass is 303 g/mol. The Morgan fingerprint density at radius 1 is 1.33 bits per heavy atom. The summed E-state index contributed by atoms with van der Waals surface area (Å²) in [5.41, 5.74) is 5.79. The van der Waals surface area contributed by atoms with Gasteiger partial charge in [-0.05, 0) is 19.1 Å². The van der Waals surface area contributed by atoms with Crippen molar-refractivity contribution in [1.82, 2.24) is 20.0 Å². The molecule has 106 valence electrons. The van der Waals surface area contributed by atoms with E-state index in [2.05, 4.69) is 15.3 Å². The second-order valence-electron chi connectivity index (χ2n) is 4.14. The lowest BCUT2D eigenvalue weighted by Crippen LogP contribution is -2.15. The Morgan fingerprint density at radius 2 is 2.14 bits per heavy atom. The number of rotatable bonds is 3. The third kappa shape index (κ3) is 2.34. The molecule has 0 aromatic carbocycles. The third-order valence-electron chi connectivity index (χ3n) is 2.72. The highest BCUT2D eigenvalue weighted by molar-refractivity contribution is 7.17. The van der Waals surface area contributed by atoms with E-state index in [9.17, 15) is 9.59 Å². The lowest BCUT2D eigenvalue weighted by Gasteiger charge is -1.99. The van der Waals surface area contributed by atoms with Crippen LogP contribution in [0.5, 0.6) is 0 Å². The number of nitrogens with two attached hydrogens (primary N) is 1. The zero-order chi connectivity index (χ0) is 15.0. The van der Waals surface area contributed by atoms with Crippen molar-refractivity contribution < 1.29 is 9.21 Å².